The van der Waals surface area contributed by atoms with Gasteiger partial charge in [0.05, 0.1) is 11.0 Å². The van der Waals surface area contributed by atoms with Crippen molar-refractivity contribution in [1.29, 1.82) is 0 Å². The number of rotatable bonds is 5. The van der Waals surface area contributed by atoms with Crippen molar-refractivity contribution in [3.63, 3.8) is 0 Å². The zero-order valence-corrected chi connectivity index (χ0v) is 11.5. The maximum Gasteiger partial charge on any atom is 0.314 e. The number of hydrogen-bond acceptors (Lipinski definition) is 4. The SMILES string of the molecule is CCC(N)c1cccc(Oc2ccc(F)cc2[N+](=O)[O-])c1. The molecule has 0 aromatic heterocycles. The molecule has 21 heavy (non-hydrogen) atoms. The zero-order chi connectivity index (χ0) is 15.4. The number of benzene rings is 2. The second kappa shape index (κ2) is 6.32. The van der Waals surface area contributed by atoms with Crippen LogP contribution in [0.15, 0.2) is 42.5 Å². The fourth-order valence-electron chi connectivity index (χ4n) is 1.89. The molecule has 0 amide bonds. The molecular formula is C15H15FN2O3. The zero-order valence-electron chi connectivity index (χ0n) is 11.5. The molecule has 6 heteroatoms. The van der Waals surface area contributed by atoms with Crippen LogP contribution >= 0.6 is 0 Å². The lowest BCUT2D eigenvalue weighted by atomic mass is 10.1. The van der Waals surface area contributed by atoms with Gasteiger partial charge in [-0.25, -0.2) is 4.39 Å². The van der Waals surface area contributed by atoms with Crippen molar-refractivity contribution in [2.75, 3.05) is 0 Å². The van der Waals surface area contributed by atoms with E-state index in [2.05, 4.69) is 0 Å². The van der Waals surface area contributed by atoms with Crippen molar-refractivity contribution in [2.45, 2.75) is 19.4 Å². The Kier molecular flexibility index (Phi) is 4.49. The Hall–Kier alpha value is -2.47. The summed E-state index contributed by atoms with van der Waals surface area (Å²) in [6.07, 6.45) is 0.764. The van der Waals surface area contributed by atoms with E-state index in [0.717, 1.165) is 24.1 Å². The van der Waals surface area contributed by atoms with Crippen molar-refractivity contribution in [3.05, 3.63) is 64.0 Å². The van der Waals surface area contributed by atoms with Crippen LogP contribution in [-0.4, -0.2) is 4.92 Å². The predicted molar refractivity (Wildman–Crippen MR) is 76.8 cm³/mol. The van der Waals surface area contributed by atoms with Gasteiger partial charge in [-0.05, 0) is 36.2 Å². The first-order valence-electron chi connectivity index (χ1n) is 6.48. The van der Waals surface area contributed by atoms with Gasteiger partial charge < -0.3 is 10.5 Å². The van der Waals surface area contributed by atoms with Crippen LogP contribution in [0.3, 0.4) is 0 Å². The summed E-state index contributed by atoms with van der Waals surface area (Å²) in [7, 11) is 0. The molecule has 2 N–H and O–H groups in total. The standard InChI is InChI=1S/C15H15FN2O3/c1-2-13(17)10-4-3-5-12(8-10)21-15-7-6-11(16)9-14(15)18(19)20/h3-9,13H,2,17H2,1H3. The fourth-order valence-corrected chi connectivity index (χ4v) is 1.89. The van der Waals surface area contributed by atoms with Crippen LogP contribution < -0.4 is 10.5 Å². The summed E-state index contributed by atoms with van der Waals surface area (Å²) in [5.74, 6) is -0.273. The van der Waals surface area contributed by atoms with E-state index < -0.39 is 16.4 Å². The van der Waals surface area contributed by atoms with Gasteiger partial charge in [0.1, 0.15) is 11.6 Å². The molecule has 0 fully saturated rings. The van der Waals surface area contributed by atoms with E-state index in [1.807, 2.05) is 13.0 Å². The van der Waals surface area contributed by atoms with E-state index >= 15 is 0 Å². The number of nitro groups is 1. The highest BCUT2D eigenvalue weighted by molar-refractivity contribution is 5.48. The molecule has 2 aromatic carbocycles. The van der Waals surface area contributed by atoms with Gasteiger partial charge in [0.2, 0.25) is 5.75 Å². The van der Waals surface area contributed by atoms with Crippen LogP contribution in [-0.2, 0) is 0 Å². The van der Waals surface area contributed by atoms with Crippen LogP contribution in [0.1, 0.15) is 24.9 Å². The minimum absolute atomic E-state index is 0.0105. The molecule has 0 heterocycles. The largest absolute Gasteiger partial charge is 0.450 e. The molecule has 0 saturated heterocycles. The number of nitro benzene ring substituents is 1. The average Bonchev–Trinajstić information content (AvgIpc) is 2.48. The maximum atomic E-state index is 13.1. The van der Waals surface area contributed by atoms with Crippen LogP contribution in [0.4, 0.5) is 10.1 Å². The summed E-state index contributed by atoms with van der Waals surface area (Å²) in [4.78, 5) is 10.2. The summed E-state index contributed by atoms with van der Waals surface area (Å²) in [6.45, 7) is 1.96. The molecule has 0 saturated carbocycles. The van der Waals surface area contributed by atoms with E-state index in [-0.39, 0.29) is 11.8 Å². The lowest BCUT2D eigenvalue weighted by Gasteiger charge is -2.11. The Morgan fingerprint density at radius 3 is 2.76 bits per heavy atom. The third-order valence-electron chi connectivity index (χ3n) is 3.07. The highest BCUT2D eigenvalue weighted by atomic mass is 19.1. The third-order valence-corrected chi connectivity index (χ3v) is 3.07. The van der Waals surface area contributed by atoms with E-state index in [0.29, 0.717) is 5.75 Å². The van der Waals surface area contributed by atoms with Crippen LogP contribution in [0.2, 0.25) is 0 Å². The van der Waals surface area contributed by atoms with Crippen LogP contribution in [0, 0.1) is 15.9 Å². The molecule has 0 bridgehead atoms. The number of nitrogens with zero attached hydrogens (tertiary/aromatic N) is 1. The van der Waals surface area contributed by atoms with Gasteiger partial charge in [0.25, 0.3) is 0 Å². The highest BCUT2D eigenvalue weighted by Gasteiger charge is 2.17. The van der Waals surface area contributed by atoms with E-state index in [9.17, 15) is 14.5 Å². The van der Waals surface area contributed by atoms with Crippen molar-refractivity contribution < 1.29 is 14.1 Å². The van der Waals surface area contributed by atoms with Crippen molar-refractivity contribution in [3.8, 4) is 11.5 Å². The molecule has 1 atom stereocenters. The van der Waals surface area contributed by atoms with Gasteiger partial charge >= 0.3 is 5.69 Å². The van der Waals surface area contributed by atoms with Crippen LogP contribution in [0.5, 0.6) is 11.5 Å². The van der Waals surface area contributed by atoms with E-state index in [1.54, 1.807) is 18.2 Å². The van der Waals surface area contributed by atoms with Gasteiger partial charge in [0.15, 0.2) is 0 Å². The molecule has 0 aliphatic heterocycles. The van der Waals surface area contributed by atoms with Crippen molar-refractivity contribution in [2.24, 2.45) is 5.73 Å². The summed E-state index contributed by atoms with van der Waals surface area (Å²) in [5, 5.41) is 10.9. The fraction of sp³-hybridized carbons (Fsp3) is 0.200. The van der Waals surface area contributed by atoms with Gasteiger partial charge in [-0.15, -0.1) is 0 Å². The normalized spacial score (nSPS) is 12.0. The maximum absolute atomic E-state index is 13.1. The summed E-state index contributed by atoms with van der Waals surface area (Å²) in [5.41, 5.74) is 6.40. The van der Waals surface area contributed by atoms with Gasteiger partial charge in [-0.1, -0.05) is 19.1 Å². The molecule has 2 aromatic rings. The molecule has 1 unspecified atom stereocenters. The Labute approximate surface area is 121 Å². The lowest BCUT2D eigenvalue weighted by Crippen LogP contribution is -2.08. The number of ether oxygens (including phenoxy) is 1. The van der Waals surface area contributed by atoms with E-state index in [4.69, 9.17) is 10.5 Å². The first-order valence-corrected chi connectivity index (χ1v) is 6.48. The summed E-state index contributed by atoms with van der Waals surface area (Å²) < 4.78 is 18.6. The number of hydrogen-bond donors (Lipinski definition) is 1. The third kappa shape index (κ3) is 3.55. The summed E-state index contributed by atoms with van der Waals surface area (Å²) in [6, 6.07) is 10.1. The average molecular weight is 290 g/mol. The van der Waals surface area contributed by atoms with Gasteiger partial charge in [-0.2, -0.15) is 0 Å². The topological polar surface area (TPSA) is 78.4 Å². The molecule has 2 rings (SSSR count). The Bertz CT molecular complexity index is 661. The second-order valence-corrected chi connectivity index (χ2v) is 4.56. The first kappa shape index (κ1) is 14.9. The monoisotopic (exact) mass is 290 g/mol. The Balaban J connectivity index is 2.32. The Morgan fingerprint density at radius 1 is 1.33 bits per heavy atom. The number of halogens is 1. The predicted octanol–water partition coefficient (Wildman–Crippen LogP) is 3.94. The second-order valence-electron chi connectivity index (χ2n) is 4.56. The first-order chi connectivity index (χ1) is 10.0. The van der Waals surface area contributed by atoms with Crippen molar-refractivity contribution in [1.82, 2.24) is 0 Å². The van der Waals surface area contributed by atoms with E-state index in [1.165, 1.54) is 6.07 Å². The minimum atomic E-state index is -0.684. The molecule has 0 radical (unpaired) electrons. The van der Waals surface area contributed by atoms with Gasteiger partial charge in [-0.3, -0.25) is 10.1 Å². The number of nitrogens with two attached hydrogens (primary N) is 1. The smallest absolute Gasteiger partial charge is 0.314 e. The molecular weight excluding hydrogens is 275 g/mol. The van der Waals surface area contributed by atoms with Gasteiger partial charge in [0, 0.05) is 6.04 Å². The minimum Gasteiger partial charge on any atom is -0.450 e. The Morgan fingerprint density at radius 2 is 2.10 bits per heavy atom. The molecule has 0 aliphatic carbocycles. The molecule has 0 spiro atoms. The van der Waals surface area contributed by atoms with Crippen molar-refractivity contribution >= 4 is 5.69 Å². The molecule has 110 valence electrons. The highest BCUT2D eigenvalue weighted by Crippen LogP contribution is 2.32. The molecule has 0 aliphatic rings. The van der Waals surface area contributed by atoms with Crippen LogP contribution in [0.25, 0.3) is 0 Å². The summed E-state index contributed by atoms with van der Waals surface area (Å²) >= 11 is 0. The lowest BCUT2D eigenvalue weighted by molar-refractivity contribution is -0.385. The quantitative estimate of drug-likeness (QED) is 0.668. The molecule has 5 nitrogen and oxygen atoms in total.